The molecule has 3 rings (SSSR count). The van der Waals surface area contributed by atoms with Crippen molar-refractivity contribution in [2.45, 2.75) is 18.8 Å². The predicted octanol–water partition coefficient (Wildman–Crippen LogP) is 3.44. The van der Waals surface area contributed by atoms with Crippen molar-refractivity contribution in [1.29, 1.82) is 0 Å². The van der Waals surface area contributed by atoms with Crippen LogP contribution in [0.1, 0.15) is 24.3 Å². The maximum absolute atomic E-state index is 11.6. The van der Waals surface area contributed by atoms with Gasteiger partial charge in [0, 0.05) is 0 Å². The van der Waals surface area contributed by atoms with Crippen LogP contribution in [0.5, 0.6) is 17.2 Å². The zero-order valence-corrected chi connectivity index (χ0v) is 12.6. The van der Waals surface area contributed by atoms with Crippen molar-refractivity contribution in [2.75, 3.05) is 13.4 Å². The van der Waals surface area contributed by atoms with Gasteiger partial charge in [-0.1, -0.05) is 24.3 Å². The number of carbonyl (C=O) groups is 1. The van der Waals surface area contributed by atoms with Crippen LogP contribution in [0.3, 0.4) is 0 Å². The van der Waals surface area contributed by atoms with Gasteiger partial charge in [-0.05, 0) is 42.7 Å². The second-order valence-corrected chi connectivity index (χ2v) is 5.31. The zero-order valence-electron chi connectivity index (χ0n) is 12.6. The Bertz CT molecular complexity index is 668. The van der Waals surface area contributed by atoms with Gasteiger partial charge in [0.05, 0.1) is 12.5 Å². The molecule has 2 aromatic rings. The standard InChI is InChI=1S/C18H18O5/c19-18(20)15(7-4-10-21-14-5-2-1-3-6-14)13-8-9-16-17(11-13)23-12-22-16/h1-3,5-6,8-9,11,15H,4,7,10,12H2,(H,19,20). The Balaban J connectivity index is 1.58. The molecule has 0 saturated carbocycles. The smallest absolute Gasteiger partial charge is 0.310 e. The number of hydrogen-bond donors (Lipinski definition) is 1. The second-order valence-electron chi connectivity index (χ2n) is 5.31. The molecule has 2 aromatic carbocycles. The summed E-state index contributed by atoms with van der Waals surface area (Å²) in [5.74, 6) is 0.634. The van der Waals surface area contributed by atoms with E-state index in [2.05, 4.69) is 0 Å². The average Bonchev–Trinajstić information content (AvgIpc) is 3.03. The molecule has 120 valence electrons. The van der Waals surface area contributed by atoms with Gasteiger partial charge in [0.2, 0.25) is 6.79 Å². The number of ether oxygens (including phenoxy) is 3. The number of aliphatic carboxylic acids is 1. The number of hydrogen-bond acceptors (Lipinski definition) is 4. The molecule has 5 nitrogen and oxygen atoms in total. The lowest BCUT2D eigenvalue weighted by atomic mass is 9.94. The fourth-order valence-corrected chi connectivity index (χ4v) is 2.56. The molecule has 1 aliphatic heterocycles. The van der Waals surface area contributed by atoms with Gasteiger partial charge in [-0.15, -0.1) is 0 Å². The Hall–Kier alpha value is -2.69. The molecule has 0 aromatic heterocycles. The van der Waals surface area contributed by atoms with E-state index in [1.165, 1.54) is 0 Å². The Kier molecular flexibility index (Phi) is 4.66. The van der Waals surface area contributed by atoms with Crippen LogP contribution in [0.25, 0.3) is 0 Å². The van der Waals surface area contributed by atoms with Gasteiger partial charge < -0.3 is 19.3 Å². The highest BCUT2D eigenvalue weighted by atomic mass is 16.7. The topological polar surface area (TPSA) is 65.0 Å². The van der Waals surface area contributed by atoms with E-state index in [0.717, 1.165) is 11.3 Å². The summed E-state index contributed by atoms with van der Waals surface area (Å²) in [6.45, 7) is 0.666. The third-order valence-electron chi connectivity index (χ3n) is 3.75. The van der Waals surface area contributed by atoms with Crippen LogP contribution in [0.15, 0.2) is 48.5 Å². The van der Waals surface area contributed by atoms with Gasteiger partial charge in [-0.2, -0.15) is 0 Å². The number of fused-ring (bicyclic) bond motifs is 1. The minimum absolute atomic E-state index is 0.182. The Morgan fingerprint density at radius 3 is 2.70 bits per heavy atom. The van der Waals surface area contributed by atoms with E-state index in [9.17, 15) is 9.90 Å². The predicted molar refractivity (Wildman–Crippen MR) is 84.1 cm³/mol. The number of carboxylic acids is 1. The van der Waals surface area contributed by atoms with E-state index in [1.807, 2.05) is 30.3 Å². The van der Waals surface area contributed by atoms with Crippen LogP contribution in [0.4, 0.5) is 0 Å². The molecular formula is C18H18O5. The summed E-state index contributed by atoms with van der Waals surface area (Å²) in [5, 5.41) is 9.48. The van der Waals surface area contributed by atoms with Crippen LogP contribution in [0.2, 0.25) is 0 Å². The largest absolute Gasteiger partial charge is 0.494 e. The highest BCUT2D eigenvalue weighted by molar-refractivity contribution is 5.76. The molecule has 0 aliphatic carbocycles. The number of rotatable bonds is 7. The first-order valence-electron chi connectivity index (χ1n) is 7.54. The van der Waals surface area contributed by atoms with E-state index in [-0.39, 0.29) is 6.79 Å². The fraction of sp³-hybridized carbons (Fsp3) is 0.278. The number of benzene rings is 2. The summed E-state index contributed by atoms with van der Waals surface area (Å²) in [6, 6.07) is 14.8. The lowest BCUT2D eigenvalue weighted by molar-refractivity contribution is -0.139. The lowest BCUT2D eigenvalue weighted by Crippen LogP contribution is -2.13. The molecule has 1 unspecified atom stereocenters. The SMILES string of the molecule is O=C(O)C(CCCOc1ccccc1)c1ccc2c(c1)OCO2. The minimum Gasteiger partial charge on any atom is -0.494 e. The fourth-order valence-electron chi connectivity index (χ4n) is 2.56. The first kappa shape index (κ1) is 15.2. The molecule has 1 N–H and O–H groups in total. The van der Waals surface area contributed by atoms with Crippen LogP contribution < -0.4 is 14.2 Å². The number of carboxylic acid groups (broad SMARTS) is 1. The summed E-state index contributed by atoms with van der Waals surface area (Å²) in [6.07, 6.45) is 1.15. The van der Waals surface area contributed by atoms with Crippen molar-refractivity contribution in [1.82, 2.24) is 0 Å². The van der Waals surface area contributed by atoms with E-state index in [0.29, 0.717) is 30.9 Å². The third-order valence-corrected chi connectivity index (χ3v) is 3.75. The minimum atomic E-state index is -0.844. The van der Waals surface area contributed by atoms with Crippen molar-refractivity contribution >= 4 is 5.97 Å². The van der Waals surface area contributed by atoms with Gasteiger partial charge in [-0.3, -0.25) is 4.79 Å². The van der Waals surface area contributed by atoms with Crippen LogP contribution >= 0.6 is 0 Å². The molecule has 0 saturated heterocycles. The van der Waals surface area contributed by atoms with Crippen molar-refractivity contribution in [3.05, 3.63) is 54.1 Å². The lowest BCUT2D eigenvalue weighted by Gasteiger charge is -2.13. The van der Waals surface area contributed by atoms with Gasteiger partial charge in [-0.25, -0.2) is 0 Å². The number of para-hydroxylation sites is 1. The van der Waals surface area contributed by atoms with Crippen molar-refractivity contribution in [3.8, 4) is 17.2 Å². The van der Waals surface area contributed by atoms with Gasteiger partial charge in [0.25, 0.3) is 0 Å². The Morgan fingerprint density at radius 2 is 1.91 bits per heavy atom. The first-order chi connectivity index (χ1) is 11.2. The van der Waals surface area contributed by atoms with E-state index >= 15 is 0 Å². The molecule has 0 radical (unpaired) electrons. The second kappa shape index (κ2) is 7.05. The van der Waals surface area contributed by atoms with E-state index in [4.69, 9.17) is 14.2 Å². The van der Waals surface area contributed by atoms with Crippen molar-refractivity contribution in [3.63, 3.8) is 0 Å². The summed E-state index contributed by atoms with van der Waals surface area (Å²) in [4.78, 5) is 11.6. The van der Waals surface area contributed by atoms with Crippen LogP contribution in [0, 0.1) is 0 Å². The van der Waals surface area contributed by atoms with Gasteiger partial charge in [0.15, 0.2) is 11.5 Å². The van der Waals surface area contributed by atoms with Gasteiger partial charge in [0.1, 0.15) is 5.75 Å². The molecule has 0 bridgehead atoms. The monoisotopic (exact) mass is 314 g/mol. The normalized spacial score (nSPS) is 13.6. The molecule has 23 heavy (non-hydrogen) atoms. The molecule has 0 spiro atoms. The highest BCUT2D eigenvalue weighted by Gasteiger charge is 2.22. The van der Waals surface area contributed by atoms with Crippen LogP contribution in [-0.4, -0.2) is 24.5 Å². The third kappa shape index (κ3) is 3.74. The van der Waals surface area contributed by atoms with Crippen molar-refractivity contribution in [2.24, 2.45) is 0 Å². The molecule has 0 fully saturated rings. The maximum Gasteiger partial charge on any atom is 0.310 e. The maximum atomic E-state index is 11.6. The van der Waals surface area contributed by atoms with E-state index in [1.54, 1.807) is 18.2 Å². The zero-order chi connectivity index (χ0) is 16.1. The van der Waals surface area contributed by atoms with Crippen molar-refractivity contribution < 1.29 is 24.1 Å². The van der Waals surface area contributed by atoms with E-state index < -0.39 is 11.9 Å². The highest BCUT2D eigenvalue weighted by Crippen LogP contribution is 2.35. The Labute approximate surface area is 134 Å². The quantitative estimate of drug-likeness (QED) is 0.793. The molecule has 0 amide bonds. The Morgan fingerprint density at radius 1 is 1.13 bits per heavy atom. The molecule has 5 heteroatoms. The molecule has 1 heterocycles. The molecule has 1 atom stereocenters. The summed E-state index contributed by atoms with van der Waals surface area (Å²) < 4.78 is 16.2. The summed E-state index contributed by atoms with van der Waals surface area (Å²) >= 11 is 0. The average molecular weight is 314 g/mol. The molecular weight excluding hydrogens is 296 g/mol. The summed E-state index contributed by atoms with van der Waals surface area (Å²) in [5.41, 5.74) is 0.724. The summed E-state index contributed by atoms with van der Waals surface area (Å²) in [7, 11) is 0. The first-order valence-corrected chi connectivity index (χ1v) is 7.54. The van der Waals surface area contributed by atoms with Gasteiger partial charge >= 0.3 is 5.97 Å². The molecule has 1 aliphatic rings. The van der Waals surface area contributed by atoms with Crippen LogP contribution in [-0.2, 0) is 4.79 Å².